The average molecular weight is 724 g/mol. The number of aromatic nitrogens is 3. The molecule has 0 saturated carbocycles. The second-order valence-electron chi connectivity index (χ2n) is 14.9. The van der Waals surface area contributed by atoms with Crippen LogP contribution in [-0.2, 0) is 11.8 Å². The molecule has 0 fully saturated rings. The van der Waals surface area contributed by atoms with Crippen LogP contribution in [0.4, 0.5) is 0 Å². The van der Waals surface area contributed by atoms with Gasteiger partial charge in [0.05, 0.1) is 0 Å². The number of rotatable bonds is 9. The van der Waals surface area contributed by atoms with Crippen LogP contribution in [0.5, 0.6) is 0 Å². The molecule has 7 aromatic rings. The molecule has 0 aliphatic heterocycles. The molecular weight excluding hydrogens is 683 g/mol. The predicted octanol–water partition coefficient (Wildman–Crippen LogP) is 13.3. The van der Waals surface area contributed by atoms with E-state index in [0.717, 1.165) is 74.1 Å². The summed E-state index contributed by atoms with van der Waals surface area (Å²) in [7, 11) is 0. The molecule has 0 spiro atoms. The lowest BCUT2D eigenvalue weighted by Crippen LogP contribution is -2.17. The maximum Gasteiger partial charge on any atom is 0.164 e. The lowest BCUT2D eigenvalue weighted by atomic mass is 9.80. The van der Waals surface area contributed by atoms with Crippen molar-refractivity contribution in [3.63, 3.8) is 0 Å². The Bertz CT molecular complexity index is 2830. The normalized spacial score (nSPS) is 14.2. The summed E-state index contributed by atoms with van der Waals surface area (Å²) < 4.78 is 6.58. The van der Waals surface area contributed by atoms with Gasteiger partial charge in [-0.2, -0.15) is 0 Å². The van der Waals surface area contributed by atoms with E-state index >= 15 is 0 Å². The van der Waals surface area contributed by atoms with Crippen LogP contribution in [0, 0.1) is 0 Å². The number of fused-ring (bicyclic) bond motifs is 6. The van der Waals surface area contributed by atoms with Crippen molar-refractivity contribution in [2.24, 2.45) is 0 Å². The van der Waals surface area contributed by atoms with Gasteiger partial charge >= 0.3 is 0 Å². The van der Waals surface area contributed by atoms with E-state index < -0.39 is 0 Å². The van der Waals surface area contributed by atoms with Gasteiger partial charge < -0.3 is 4.42 Å². The summed E-state index contributed by atoms with van der Waals surface area (Å²) in [5.41, 5.74) is 14.9. The molecule has 0 radical (unpaired) electrons. The van der Waals surface area contributed by atoms with Crippen molar-refractivity contribution in [1.29, 1.82) is 0 Å². The fourth-order valence-electron chi connectivity index (χ4n) is 8.43. The molecule has 56 heavy (non-hydrogen) atoms. The number of hydrogen-bond acceptors (Lipinski definition) is 4. The molecule has 0 N–H and O–H groups in total. The minimum absolute atomic E-state index is 0.233. The first-order valence-corrected chi connectivity index (χ1v) is 19.1. The van der Waals surface area contributed by atoms with E-state index in [1.165, 1.54) is 27.8 Å². The highest BCUT2D eigenvalue weighted by atomic mass is 16.3. The quantitative estimate of drug-likeness (QED) is 0.139. The zero-order valence-corrected chi connectivity index (χ0v) is 31.7. The molecule has 270 valence electrons. The summed E-state index contributed by atoms with van der Waals surface area (Å²) in [6, 6.07) is 40.2. The molecule has 0 bridgehead atoms. The number of aryl methyl sites for hydroxylation is 1. The van der Waals surface area contributed by atoms with Crippen LogP contribution in [-0.4, -0.2) is 15.0 Å². The summed E-state index contributed by atoms with van der Waals surface area (Å²) >= 11 is 0. The van der Waals surface area contributed by atoms with Crippen molar-refractivity contribution in [2.45, 2.75) is 32.1 Å². The number of furan rings is 1. The van der Waals surface area contributed by atoms with E-state index in [-0.39, 0.29) is 5.41 Å². The van der Waals surface area contributed by atoms with Gasteiger partial charge in [0.25, 0.3) is 0 Å². The minimum atomic E-state index is -0.233. The zero-order chi connectivity index (χ0) is 38.4. The zero-order valence-electron chi connectivity index (χ0n) is 31.7. The van der Waals surface area contributed by atoms with Crippen LogP contribution >= 0.6 is 0 Å². The molecule has 0 amide bonds. The second kappa shape index (κ2) is 14.1. The third kappa shape index (κ3) is 6.00. The largest absolute Gasteiger partial charge is 0.460 e. The van der Waals surface area contributed by atoms with Gasteiger partial charge in [0, 0.05) is 39.5 Å². The SMILES string of the molecule is C=C/C=C/C(=C)/C=C(\C=C)c1cccc(C2=Cc3c(oc4cccc(-c5nc(-c6ccccc6)nc(-c6cccc7c6C(C)(C)c6ccccc6-7)n5)c34)CC2)c1. The van der Waals surface area contributed by atoms with Crippen molar-refractivity contribution in [2.75, 3.05) is 0 Å². The summed E-state index contributed by atoms with van der Waals surface area (Å²) in [5, 5.41) is 1.01. The summed E-state index contributed by atoms with van der Waals surface area (Å²) in [4.78, 5) is 15.7. The van der Waals surface area contributed by atoms with Gasteiger partial charge in [-0.05, 0) is 80.8 Å². The molecule has 9 rings (SSSR count). The van der Waals surface area contributed by atoms with E-state index in [1.54, 1.807) is 6.08 Å². The van der Waals surface area contributed by atoms with Crippen LogP contribution in [0.2, 0.25) is 0 Å². The van der Waals surface area contributed by atoms with E-state index in [2.05, 4.69) is 125 Å². The highest BCUT2D eigenvalue weighted by molar-refractivity contribution is 6.03. The molecule has 0 unspecified atom stereocenters. The van der Waals surface area contributed by atoms with Gasteiger partial charge in [0.2, 0.25) is 0 Å². The third-order valence-electron chi connectivity index (χ3n) is 11.1. The Morgan fingerprint density at radius 2 is 1.38 bits per heavy atom. The number of allylic oxidation sites excluding steroid dienone is 8. The smallest absolute Gasteiger partial charge is 0.164 e. The highest BCUT2D eigenvalue weighted by Crippen LogP contribution is 2.52. The van der Waals surface area contributed by atoms with Crippen molar-refractivity contribution >= 4 is 28.2 Å². The van der Waals surface area contributed by atoms with Gasteiger partial charge in [-0.15, -0.1) is 0 Å². The molecule has 2 heterocycles. The van der Waals surface area contributed by atoms with Gasteiger partial charge in [-0.3, -0.25) is 0 Å². The molecule has 4 nitrogen and oxygen atoms in total. The van der Waals surface area contributed by atoms with Crippen LogP contribution < -0.4 is 0 Å². The Labute approximate surface area is 328 Å². The Hall–Kier alpha value is -6.91. The molecule has 2 aromatic heterocycles. The minimum Gasteiger partial charge on any atom is -0.460 e. The molecule has 5 aromatic carbocycles. The first kappa shape index (κ1) is 34.8. The first-order valence-electron chi connectivity index (χ1n) is 19.1. The average Bonchev–Trinajstić information content (AvgIpc) is 3.73. The van der Waals surface area contributed by atoms with Crippen molar-refractivity contribution < 1.29 is 4.42 Å². The van der Waals surface area contributed by atoms with Gasteiger partial charge in [-0.25, -0.2) is 15.0 Å². The number of nitrogens with zero attached hydrogens (tertiary/aromatic N) is 3. The standard InChI is InChI=1S/C52H41N3O/c1-6-8-17-33(3)30-34(7-2)36-20-14-21-37(31-36)38-28-29-45-43(32-38)47-41(24-16-27-46(47)56-45)50-53-49(35-18-10-9-11-19-35)54-51(55-50)42-25-15-23-40-39-22-12-13-26-44(39)52(4,5)48(40)42/h6-27,30-32H,1-3,28-29H2,4-5H3/b17-8+,34-30+. The van der Waals surface area contributed by atoms with Gasteiger partial charge in [0.15, 0.2) is 17.5 Å². The van der Waals surface area contributed by atoms with E-state index in [0.29, 0.717) is 17.5 Å². The highest BCUT2D eigenvalue weighted by Gasteiger charge is 2.38. The number of benzene rings is 5. The van der Waals surface area contributed by atoms with E-state index in [4.69, 9.17) is 19.4 Å². The Morgan fingerprint density at radius 3 is 2.20 bits per heavy atom. The van der Waals surface area contributed by atoms with Gasteiger partial charge in [0.1, 0.15) is 11.3 Å². The van der Waals surface area contributed by atoms with Crippen molar-refractivity contribution in [3.8, 4) is 45.3 Å². The van der Waals surface area contributed by atoms with Gasteiger partial charge in [-0.1, -0.05) is 161 Å². The Morgan fingerprint density at radius 1 is 0.696 bits per heavy atom. The molecule has 0 saturated heterocycles. The molecular formula is C52H41N3O. The molecule has 2 aliphatic rings. The maximum absolute atomic E-state index is 6.58. The Kier molecular flexibility index (Phi) is 8.75. The number of hydrogen-bond donors (Lipinski definition) is 0. The maximum atomic E-state index is 6.58. The lowest BCUT2D eigenvalue weighted by molar-refractivity contribution is 0.548. The monoisotopic (exact) mass is 723 g/mol. The van der Waals surface area contributed by atoms with Crippen LogP contribution in [0.3, 0.4) is 0 Å². The molecule has 2 aliphatic carbocycles. The summed E-state index contributed by atoms with van der Waals surface area (Å²) in [6.45, 7) is 16.6. The van der Waals surface area contributed by atoms with Crippen LogP contribution in [0.1, 0.15) is 53.8 Å². The van der Waals surface area contributed by atoms with Crippen molar-refractivity contribution in [1.82, 2.24) is 15.0 Å². The summed E-state index contributed by atoms with van der Waals surface area (Å²) in [6.07, 6.45) is 13.4. The van der Waals surface area contributed by atoms with Crippen LogP contribution in [0.15, 0.2) is 175 Å². The van der Waals surface area contributed by atoms with E-state index in [1.807, 2.05) is 54.6 Å². The molecule has 0 atom stereocenters. The topological polar surface area (TPSA) is 51.8 Å². The van der Waals surface area contributed by atoms with Crippen LogP contribution in [0.25, 0.3) is 73.5 Å². The Balaban J connectivity index is 1.20. The fourth-order valence-corrected chi connectivity index (χ4v) is 8.43. The third-order valence-corrected chi connectivity index (χ3v) is 11.1. The first-order chi connectivity index (χ1) is 27.3. The molecule has 4 heteroatoms. The summed E-state index contributed by atoms with van der Waals surface area (Å²) in [5.74, 6) is 2.88. The van der Waals surface area contributed by atoms with E-state index in [9.17, 15) is 0 Å². The second-order valence-corrected chi connectivity index (χ2v) is 14.9. The predicted molar refractivity (Wildman–Crippen MR) is 233 cm³/mol. The van der Waals surface area contributed by atoms with Crippen molar-refractivity contribution in [3.05, 3.63) is 205 Å². The fraction of sp³-hybridized carbons (Fsp3) is 0.0962. The lowest BCUT2D eigenvalue weighted by Gasteiger charge is -2.24.